The van der Waals surface area contributed by atoms with E-state index in [1.54, 1.807) is 0 Å². The van der Waals surface area contributed by atoms with E-state index >= 15 is 0 Å². The van der Waals surface area contributed by atoms with Crippen molar-refractivity contribution in [3.8, 4) is 0 Å². The third-order valence-electron chi connectivity index (χ3n) is 0. The van der Waals surface area contributed by atoms with Crippen molar-refractivity contribution >= 4 is 16.9 Å². The Morgan fingerprint density at radius 2 is 1.08 bits per heavy atom. The average Bonchev–Trinajstić information content (AvgIpc) is 1.72. The molecule has 0 spiro atoms. The minimum Gasteiger partial charge on any atom is -0.870 e. The molecule has 0 atom stereocenters. The van der Waals surface area contributed by atoms with E-state index in [4.69, 9.17) is 10.9 Å². The second-order valence-corrected chi connectivity index (χ2v) is 2.52. The summed E-state index contributed by atoms with van der Waals surface area (Å²) in [6, 6.07) is 0. The number of rotatable bonds is 0. The van der Waals surface area contributed by atoms with Crippen LogP contribution in [0.5, 0.6) is 0 Å². The molecule has 0 bridgehead atoms. The summed E-state index contributed by atoms with van der Waals surface area (Å²) in [6.45, 7) is 0. The number of hydrogen-bond donors (Lipinski definition) is 0. The molecular weight excluding hydrogens is 274 g/mol. The molecule has 13 heavy (non-hydrogen) atoms. The molecule has 0 aromatic carbocycles. The first kappa shape index (κ1) is 107. The summed E-state index contributed by atoms with van der Waals surface area (Å²) in [7, 11) is 4.30. The first-order valence-corrected chi connectivity index (χ1v) is 3.69. The second kappa shape index (κ2) is 835. The maximum Gasteiger partial charge on any atom is -0.870 e. The van der Waals surface area contributed by atoms with E-state index in [2.05, 4.69) is 8.02 Å². The minimum absolute atomic E-state index is 0. The van der Waals surface area contributed by atoms with E-state index in [0.717, 1.165) is 0 Å². The largest absolute Gasteiger partial charge is 0.870 e. The zero-order valence-corrected chi connectivity index (χ0v) is 7.70. The van der Waals surface area contributed by atoms with Gasteiger partial charge in [-0.05, 0) is 0 Å². The first-order chi connectivity index (χ1) is 2.91. The van der Waals surface area contributed by atoms with Crippen molar-refractivity contribution < 1.29 is 46.8 Å². The fourth-order valence-electron chi connectivity index (χ4n) is 0. The van der Waals surface area contributed by atoms with E-state index in [9.17, 15) is 0 Å². The van der Waals surface area contributed by atoms with Gasteiger partial charge in [-0.2, -0.15) is 0 Å². The van der Waals surface area contributed by atoms with Crippen molar-refractivity contribution in [2.24, 2.45) is 0 Å². The van der Waals surface area contributed by atoms with Crippen LogP contribution in [-0.2, 0) is 22.9 Å². The summed E-state index contributed by atoms with van der Waals surface area (Å²) < 4.78 is 6.33. The molecule has 8 nitrogen and oxygen atoms in total. The summed E-state index contributed by atoms with van der Waals surface area (Å²) >= 11 is 0.601. The van der Waals surface area contributed by atoms with Crippen molar-refractivity contribution in [1.82, 2.24) is 0 Å². The van der Waals surface area contributed by atoms with Crippen LogP contribution in [0.25, 0.3) is 0 Å². The average molecular weight is 294 g/mol. The Labute approximate surface area is 90.0 Å². The van der Waals surface area contributed by atoms with E-state index in [1.807, 2.05) is 0 Å². The molecule has 0 saturated heterocycles. The van der Waals surface area contributed by atoms with Crippen LogP contribution in [0.15, 0.2) is 0 Å². The molecule has 0 saturated carbocycles. The Bertz CT molecular complexity index is 74.4. The van der Waals surface area contributed by atoms with Gasteiger partial charge in [-0.25, -0.2) is 0 Å². The molecule has 0 rings (SSSR count). The van der Waals surface area contributed by atoms with Crippen LogP contribution in [0.1, 0.15) is 14.9 Å². The van der Waals surface area contributed by atoms with Crippen molar-refractivity contribution in [2.45, 2.75) is 14.9 Å². The predicted octanol–water partition coefficient (Wildman–Crippen LogP) is -0.696. The van der Waals surface area contributed by atoms with Crippen LogP contribution in [0.3, 0.4) is 0 Å². The molecule has 0 aliphatic carbocycles. The van der Waals surface area contributed by atoms with Crippen LogP contribution in [0.2, 0.25) is 0 Å². The first-order valence-electron chi connectivity index (χ1n) is 0.840. The van der Waals surface area contributed by atoms with Gasteiger partial charge in [0.1, 0.15) is 0 Å². The molecule has 0 radical (unpaired) electrons. The zero-order valence-electron chi connectivity index (χ0n) is 5.85. The molecule has 0 unspecified atom stereocenters. The van der Waals surface area contributed by atoms with Crippen LogP contribution in [0, 0.1) is 9.93 Å². The number of hydrogen-bond acceptors (Lipinski definition) is 6. The van der Waals surface area contributed by atoms with Crippen LogP contribution < -0.4 is 0 Å². The molecule has 0 heterocycles. The van der Waals surface area contributed by atoms with E-state index < -0.39 is 0 Å². The molecular formula is C2H18CoO8PS-4. The Kier molecular flexibility index (Phi) is 6860. The topological polar surface area (TPSA) is 217 Å². The quantitative estimate of drug-likeness (QED) is 0.525. The van der Waals surface area contributed by atoms with Gasteiger partial charge < -0.3 is 32.9 Å². The molecule has 11 heteroatoms. The molecule has 0 aliphatic rings. The van der Waals surface area contributed by atoms with Gasteiger partial charge in [-0.3, -0.25) is 0 Å². The maximum atomic E-state index is 7.00. The van der Waals surface area contributed by atoms with Gasteiger partial charge in [0, 0.05) is 9.93 Å². The van der Waals surface area contributed by atoms with Gasteiger partial charge in [-0.15, -0.1) is 0 Å². The smallest absolute Gasteiger partial charge is 0.870 e. The second-order valence-electron chi connectivity index (χ2n) is 0.0680. The van der Waals surface area contributed by atoms with Crippen molar-refractivity contribution in [1.29, 1.82) is 0.968 Å². The van der Waals surface area contributed by atoms with Crippen LogP contribution in [-0.4, -0.2) is 33.8 Å². The van der Waals surface area contributed by atoms with Gasteiger partial charge >= 0.3 is 31.9 Å². The van der Waals surface area contributed by atoms with Crippen LogP contribution >= 0.6 is 8.02 Å². The Morgan fingerprint density at radius 3 is 1.08 bits per heavy atom. The standard InChI is InChI=1S/2CH4.Co.O2.6H2O.HPS.H/c;;;1-2;;;;;;;1-2;/h2*1H4;;;6*1H2;1H;/p-4/i;;;;;;;;;;;1+2. The summed E-state index contributed by atoms with van der Waals surface area (Å²) in [5.41, 5.74) is 0. The summed E-state index contributed by atoms with van der Waals surface area (Å²) in [4.78, 5) is 14.0. The van der Waals surface area contributed by atoms with Crippen molar-refractivity contribution in [3.63, 3.8) is 0 Å². The Balaban J connectivity index is -0.00000000192. The van der Waals surface area contributed by atoms with E-state index in [0.29, 0.717) is 14.0 Å². The fraction of sp³-hybridized carbons (Fsp3) is 1.00. The third-order valence-corrected chi connectivity index (χ3v) is 0. The fourth-order valence-corrected chi connectivity index (χ4v) is 0. The molecule has 0 amide bonds. The Hall–Kier alpha value is 0.386. The molecule has 0 aliphatic heterocycles. The molecule has 8 N–H and O–H groups in total. The van der Waals surface area contributed by atoms with Gasteiger partial charge in [0.15, 0.2) is 0 Å². The Morgan fingerprint density at radius 1 is 1.00 bits per heavy atom. The summed E-state index contributed by atoms with van der Waals surface area (Å²) in [5.74, 6) is 0. The van der Waals surface area contributed by atoms with Gasteiger partial charge in [0.2, 0.25) is 0 Å². The van der Waals surface area contributed by atoms with E-state index in [-0.39, 0.29) is 47.7 Å². The predicted molar refractivity (Wildman–Crippen MR) is 52.2 cm³/mol. The normalized spacial score (nSPS) is 2.62. The maximum absolute atomic E-state index is 7.00. The van der Waals surface area contributed by atoms with Gasteiger partial charge in [0.05, 0.1) is 0 Å². The van der Waals surface area contributed by atoms with E-state index in [1.165, 1.54) is 8.92 Å². The van der Waals surface area contributed by atoms with Crippen molar-refractivity contribution in [3.05, 3.63) is 9.93 Å². The monoisotopic (exact) mass is 294 g/mol. The third kappa shape index (κ3) is 8950. The van der Waals surface area contributed by atoms with Crippen molar-refractivity contribution in [2.75, 3.05) is 0 Å². The van der Waals surface area contributed by atoms with Crippen LogP contribution in [0.4, 0.5) is 0 Å². The molecule has 0 aromatic heterocycles. The molecule has 0 aromatic rings. The van der Waals surface area contributed by atoms with Gasteiger partial charge in [-0.1, -0.05) is 14.9 Å². The summed E-state index contributed by atoms with van der Waals surface area (Å²) in [6.07, 6.45) is 0. The molecule has 0 fully saturated rings. The SMILES string of the molecule is C.C.O.O.O=O.[3H][Co]=[S]=P.[OH-].[OH-].[OH-].[OH-]. The van der Waals surface area contributed by atoms with Gasteiger partial charge in [0.25, 0.3) is 0 Å². The minimum atomic E-state index is 0. The zero-order chi connectivity index (χ0) is 5.41. The summed E-state index contributed by atoms with van der Waals surface area (Å²) in [5, 5.41) is 0. The molecule has 98 valence electrons.